The van der Waals surface area contributed by atoms with E-state index >= 15 is 0 Å². The molecule has 1 aromatic carbocycles. The predicted octanol–water partition coefficient (Wildman–Crippen LogP) is 2.72. The summed E-state index contributed by atoms with van der Waals surface area (Å²) in [5.41, 5.74) is 3.97. The number of aryl methyl sites for hydroxylation is 1. The largest absolute Gasteiger partial charge is 0.493 e. The highest BCUT2D eigenvalue weighted by molar-refractivity contribution is 5.46. The second-order valence-corrected chi connectivity index (χ2v) is 4.02. The van der Waals surface area contributed by atoms with Crippen molar-refractivity contribution < 1.29 is 9.47 Å². The maximum atomic E-state index is 5.64. The van der Waals surface area contributed by atoms with Crippen molar-refractivity contribution in [2.24, 2.45) is 0 Å². The number of hydrogen-bond donors (Lipinski definition) is 0. The lowest BCUT2D eigenvalue weighted by molar-refractivity contribution is 0.181. The molecule has 0 amide bonds. The van der Waals surface area contributed by atoms with Gasteiger partial charge in [-0.25, -0.2) is 0 Å². The fourth-order valence-corrected chi connectivity index (χ4v) is 2.16. The predicted molar refractivity (Wildman–Crippen MR) is 60.3 cm³/mol. The summed E-state index contributed by atoms with van der Waals surface area (Å²) in [5.74, 6) is 1.07. The Morgan fingerprint density at radius 1 is 1.40 bits per heavy atom. The van der Waals surface area contributed by atoms with E-state index in [1.165, 1.54) is 23.1 Å². The molecule has 1 heterocycles. The Morgan fingerprint density at radius 3 is 3.00 bits per heavy atom. The van der Waals surface area contributed by atoms with Gasteiger partial charge in [-0.15, -0.1) is 0 Å². The van der Waals surface area contributed by atoms with Crippen molar-refractivity contribution in [2.45, 2.75) is 32.8 Å². The van der Waals surface area contributed by atoms with E-state index in [-0.39, 0.29) is 0 Å². The van der Waals surface area contributed by atoms with E-state index in [0.29, 0.717) is 6.61 Å². The Balaban J connectivity index is 2.34. The molecule has 2 nitrogen and oxygen atoms in total. The minimum Gasteiger partial charge on any atom is -0.493 e. The highest BCUT2D eigenvalue weighted by Gasteiger charge is 2.17. The monoisotopic (exact) mass is 206 g/mol. The van der Waals surface area contributed by atoms with Gasteiger partial charge < -0.3 is 9.47 Å². The zero-order chi connectivity index (χ0) is 10.7. The van der Waals surface area contributed by atoms with Gasteiger partial charge in [0.2, 0.25) is 0 Å². The fourth-order valence-electron chi connectivity index (χ4n) is 2.16. The Morgan fingerprint density at radius 2 is 2.27 bits per heavy atom. The molecule has 2 heteroatoms. The van der Waals surface area contributed by atoms with Crippen LogP contribution in [-0.2, 0) is 24.2 Å². The number of rotatable bonds is 4. The lowest BCUT2D eigenvalue weighted by Gasteiger charge is -2.10. The van der Waals surface area contributed by atoms with E-state index < -0.39 is 0 Å². The minimum atomic E-state index is 0.653. The van der Waals surface area contributed by atoms with E-state index in [1.54, 1.807) is 7.11 Å². The maximum absolute atomic E-state index is 5.64. The topological polar surface area (TPSA) is 18.5 Å². The number of hydrogen-bond acceptors (Lipinski definition) is 2. The fraction of sp³-hybridized carbons (Fsp3) is 0.538. The van der Waals surface area contributed by atoms with Gasteiger partial charge in [-0.2, -0.15) is 0 Å². The summed E-state index contributed by atoms with van der Waals surface area (Å²) in [6, 6.07) is 4.50. The van der Waals surface area contributed by atoms with Gasteiger partial charge in [0.1, 0.15) is 5.75 Å². The molecular weight excluding hydrogens is 188 g/mol. The first-order valence-corrected chi connectivity index (χ1v) is 5.61. The molecule has 0 unspecified atom stereocenters. The lowest BCUT2D eigenvalue weighted by atomic mass is 10.0. The van der Waals surface area contributed by atoms with Crippen LogP contribution in [0.4, 0.5) is 0 Å². The van der Waals surface area contributed by atoms with Crippen molar-refractivity contribution in [3.63, 3.8) is 0 Å². The number of ether oxygens (including phenoxy) is 2. The summed E-state index contributed by atoms with van der Waals surface area (Å²) < 4.78 is 10.8. The molecule has 0 bridgehead atoms. The normalized spacial score (nSPS) is 13.7. The first kappa shape index (κ1) is 10.5. The van der Waals surface area contributed by atoms with Crippen molar-refractivity contribution in [1.82, 2.24) is 0 Å². The maximum Gasteiger partial charge on any atom is 0.128 e. The molecule has 0 aliphatic carbocycles. The van der Waals surface area contributed by atoms with Crippen LogP contribution in [0.5, 0.6) is 5.75 Å². The average Bonchev–Trinajstić information content (AvgIpc) is 2.67. The van der Waals surface area contributed by atoms with Crippen LogP contribution in [-0.4, -0.2) is 13.7 Å². The second kappa shape index (κ2) is 4.67. The van der Waals surface area contributed by atoms with E-state index in [9.17, 15) is 0 Å². The molecular formula is C13H18O2. The third-order valence-electron chi connectivity index (χ3n) is 2.76. The molecule has 1 aliphatic heterocycles. The van der Waals surface area contributed by atoms with Crippen LogP contribution < -0.4 is 4.74 Å². The van der Waals surface area contributed by atoms with Crippen LogP contribution in [0.15, 0.2) is 12.1 Å². The molecule has 1 aromatic rings. The third kappa shape index (κ3) is 2.15. The number of fused-ring (bicyclic) bond motifs is 1. The van der Waals surface area contributed by atoms with Gasteiger partial charge in [-0.1, -0.05) is 19.4 Å². The van der Waals surface area contributed by atoms with Crippen molar-refractivity contribution in [1.29, 1.82) is 0 Å². The van der Waals surface area contributed by atoms with Gasteiger partial charge >= 0.3 is 0 Å². The average molecular weight is 206 g/mol. The molecule has 0 aromatic heterocycles. The first-order chi connectivity index (χ1) is 7.35. The summed E-state index contributed by atoms with van der Waals surface area (Å²) in [6.07, 6.45) is 3.37. The smallest absolute Gasteiger partial charge is 0.128 e. The molecule has 2 rings (SSSR count). The van der Waals surface area contributed by atoms with Gasteiger partial charge in [-0.3, -0.25) is 0 Å². The van der Waals surface area contributed by atoms with Crippen molar-refractivity contribution in [3.05, 3.63) is 28.8 Å². The van der Waals surface area contributed by atoms with Crippen LogP contribution in [0, 0.1) is 0 Å². The zero-order valence-corrected chi connectivity index (χ0v) is 9.51. The van der Waals surface area contributed by atoms with Crippen molar-refractivity contribution in [2.75, 3.05) is 13.7 Å². The summed E-state index contributed by atoms with van der Waals surface area (Å²) in [6.45, 7) is 3.68. The van der Waals surface area contributed by atoms with Crippen LogP contribution in [0.2, 0.25) is 0 Å². The quantitative estimate of drug-likeness (QED) is 0.754. The highest BCUT2D eigenvalue weighted by Crippen LogP contribution is 2.31. The minimum absolute atomic E-state index is 0.653. The summed E-state index contributed by atoms with van der Waals surface area (Å²) in [5, 5.41) is 0. The summed E-state index contributed by atoms with van der Waals surface area (Å²) >= 11 is 0. The van der Waals surface area contributed by atoms with Gasteiger partial charge in [0, 0.05) is 19.1 Å². The van der Waals surface area contributed by atoms with E-state index in [1.807, 2.05) is 0 Å². The Hall–Kier alpha value is -1.02. The van der Waals surface area contributed by atoms with E-state index in [4.69, 9.17) is 9.47 Å². The van der Waals surface area contributed by atoms with E-state index in [2.05, 4.69) is 19.1 Å². The number of benzene rings is 1. The van der Waals surface area contributed by atoms with Crippen molar-refractivity contribution in [3.8, 4) is 5.75 Å². The second-order valence-electron chi connectivity index (χ2n) is 4.02. The van der Waals surface area contributed by atoms with Gasteiger partial charge in [0.15, 0.2) is 0 Å². The zero-order valence-electron chi connectivity index (χ0n) is 9.51. The molecule has 0 radical (unpaired) electrons. The molecule has 0 N–H and O–H groups in total. The molecule has 1 aliphatic rings. The SMILES string of the molecule is CCCc1cc2c(c(COC)c1)OCC2. The lowest BCUT2D eigenvalue weighted by Crippen LogP contribution is -1.96. The third-order valence-corrected chi connectivity index (χ3v) is 2.76. The summed E-state index contributed by atoms with van der Waals surface area (Å²) in [7, 11) is 1.73. The Labute approximate surface area is 91.2 Å². The van der Waals surface area contributed by atoms with Gasteiger partial charge in [0.05, 0.1) is 13.2 Å². The van der Waals surface area contributed by atoms with Crippen LogP contribution >= 0.6 is 0 Å². The van der Waals surface area contributed by atoms with Crippen LogP contribution in [0.3, 0.4) is 0 Å². The van der Waals surface area contributed by atoms with E-state index in [0.717, 1.165) is 25.2 Å². The van der Waals surface area contributed by atoms with Crippen molar-refractivity contribution >= 4 is 0 Å². The summed E-state index contributed by atoms with van der Waals surface area (Å²) in [4.78, 5) is 0. The molecule has 0 fully saturated rings. The molecule has 0 spiro atoms. The van der Waals surface area contributed by atoms with Crippen LogP contribution in [0.25, 0.3) is 0 Å². The van der Waals surface area contributed by atoms with Gasteiger partial charge in [-0.05, 0) is 23.6 Å². The Bertz CT molecular complexity index is 345. The van der Waals surface area contributed by atoms with Crippen LogP contribution in [0.1, 0.15) is 30.0 Å². The molecule has 0 saturated heterocycles. The highest BCUT2D eigenvalue weighted by atomic mass is 16.5. The first-order valence-electron chi connectivity index (χ1n) is 5.61. The Kier molecular flexibility index (Phi) is 3.27. The van der Waals surface area contributed by atoms with Gasteiger partial charge in [0.25, 0.3) is 0 Å². The molecule has 15 heavy (non-hydrogen) atoms. The number of methoxy groups -OCH3 is 1. The standard InChI is InChI=1S/C13H18O2/c1-3-4-10-7-11-5-6-15-13(11)12(8-10)9-14-2/h7-8H,3-6,9H2,1-2H3. The molecule has 82 valence electrons. The molecule has 0 atom stereocenters. The molecule has 0 saturated carbocycles.